The van der Waals surface area contributed by atoms with Gasteiger partial charge in [0.1, 0.15) is 4.91 Å². The first kappa shape index (κ1) is 10.1. The van der Waals surface area contributed by atoms with Crippen molar-refractivity contribution in [2.75, 3.05) is 12.4 Å². The van der Waals surface area contributed by atoms with Gasteiger partial charge in [0.25, 0.3) is 0 Å². The molecule has 0 saturated carbocycles. The maximum absolute atomic E-state index is 11.4. The second-order valence-corrected chi connectivity index (χ2v) is 4.22. The van der Waals surface area contributed by atoms with E-state index in [1.54, 1.807) is 0 Å². The lowest BCUT2D eigenvalue weighted by atomic mass is 10.3. The van der Waals surface area contributed by atoms with Crippen LogP contribution in [0.1, 0.15) is 6.92 Å². The van der Waals surface area contributed by atoms with Crippen LogP contribution in [0.4, 0.5) is 5.69 Å². The predicted octanol–water partition coefficient (Wildman–Crippen LogP) is 2.61. The van der Waals surface area contributed by atoms with E-state index in [0.717, 1.165) is 16.3 Å². The lowest BCUT2D eigenvalue weighted by Gasteiger charge is -2.20. The Morgan fingerprint density at radius 3 is 2.87 bits per heavy atom. The van der Waals surface area contributed by atoms with Crippen molar-refractivity contribution in [2.45, 2.75) is 11.8 Å². The topological polar surface area (TPSA) is 38.3 Å². The number of allylic oxidation sites excluding steroid dienone is 1. The molecule has 0 bridgehead atoms. The normalized spacial score (nSPS) is 14.3. The van der Waals surface area contributed by atoms with E-state index in [-0.39, 0.29) is 5.97 Å². The average molecular weight is 221 g/mol. The number of rotatable bonds is 1. The van der Waals surface area contributed by atoms with Crippen LogP contribution in [-0.4, -0.2) is 13.1 Å². The van der Waals surface area contributed by atoms with Gasteiger partial charge in [-0.15, -0.1) is 0 Å². The van der Waals surface area contributed by atoms with Gasteiger partial charge in [0.15, 0.2) is 0 Å². The summed E-state index contributed by atoms with van der Waals surface area (Å²) in [5.74, 6) is -0.292. The minimum absolute atomic E-state index is 0.292. The molecule has 0 fully saturated rings. The summed E-state index contributed by atoms with van der Waals surface area (Å²) in [5.41, 5.74) is 1.87. The van der Waals surface area contributed by atoms with Crippen molar-refractivity contribution in [3.63, 3.8) is 0 Å². The molecule has 0 aliphatic carbocycles. The summed E-state index contributed by atoms with van der Waals surface area (Å²) in [7, 11) is 1.39. The summed E-state index contributed by atoms with van der Waals surface area (Å²) in [6.07, 6.45) is 0. The molecule has 0 radical (unpaired) electrons. The van der Waals surface area contributed by atoms with Gasteiger partial charge in [-0.3, -0.25) is 0 Å². The van der Waals surface area contributed by atoms with E-state index < -0.39 is 0 Å². The molecule has 0 aromatic heterocycles. The van der Waals surface area contributed by atoms with Crippen LogP contribution >= 0.6 is 11.8 Å². The molecule has 0 unspecified atom stereocenters. The Balaban J connectivity index is 2.35. The van der Waals surface area contributed by atoms with Crippen LogP contribution in [0.15, 0.2) is 39.8 Å². The van der Waals surface area contributed by atoms with Crippen LogP contribution in [0, 0.1) is 0 Å². The molecule has 0 spiro atoms. The number of ether oxygens (including phenoxy) is 1. The number of benzene rings is 1. The number of para-hydroxylation sites is 1. The van der Waals surface area contributed by atoms with Crippen molar-refractivity contribution in [1.29, 1.82) is 0 Å². The molecule has 2 rings (SSSR count). The molecular formula is C11H11NO2S. The van der Waals surface area contributed by atoms with E-state index in [9.17, 15) is 4.79 Å². The molecule has 4 heteroatoms. The van der Waals surface area contributed by atoms with Crippen molar-refractivity contribution in [3.05, 3.63) is 34.9 Å². The molecule has 1 aromatic carbocycles. The van der Waals surface area contributed by atoms with E-state index in [1.807, 2.05) is 31.2 Å². The summed E-state index contributed by atoms with van der Waals surface area (Å²) in [5, 5.41) is 3.18. The van der Waals surface area contributed by atoms with Crippen molar-refractivity contribution < 1.29 is 9.53 Å². The van der Waals surface area contributed by atoms with Gasteiger partial charge in [-0.1, -0.05) is 23.9 Å². The molecule has 3 nitrogen and oxygen atoms in total. The van der Waals surface area contributed by atoms with Gasteiger partial charge in [0, 0.05) is 10.6 Å². The van der Waals surface area contributed by atoms with Gasteiger partial charge in [0.05, 0.1) is 12.8 Å². The second kappa shape index (κ2) is 3.98. The van der Waals surface area contributed by atoms with Crippen molar-refractivity contribution in [2.24, 2.45) is 0 Å². The molecule has 0 amide bonds. The third-order valence-corrected chi connectivity index (χ3v) is 3.39. The van der Waals surface area contributed by atoms with Gasteiger partial charge in [0.2, 0.25) is 0 Å². The molecular weight excluding hydrogens is 210 g/mol. The quantitative estimate of drug-likeness (QED) is 0.740. The number of carbonyl (C=O) groups is 1. The first-order valence-electron chi connectivity index (χ1n) is 4.55. The number of carbonyl (C=O) groups excluding carboxylic acids is 1. The fourth-order valence-electron chi connectivity index (χ4n) is 1.39. The minimum Gasteiger partial charge on any atom is -0.465 e. The Hall–Kier alpha value is -1.42. The van der Waals surface area contributed by atoms with Crippen LogP contribution in [0.25, 0.3) is 0 Å². The SMILES string of the molecule is COC(=O)C1=C(C)Nc2ccccc2S1. The monoisotopic (exact) mass is 221 g/mol. The highest BCUT2D eigenvalue weighted by molar-refractivity contribution is 8.04. The Labute approximate surface area is 92.5 Å². The fourth-order valence-corrected chi connectivity index (χ4v) is 2.36. The van der Waals surface area contributed by atoms with E-state index >= 15 is 0 Å². The molecule has 78 valence electrons. The number of nitrogens with one attached hydrogen (secondary N) is 1. The highest BCUT2D eigenvalue weighted by Gasteiger charge is 2.21. The lowest BCUT2D eigenvalue weighted by Crippen LogP contribution is -2.12. The Morgan fingerprint density at radius 1 is 1.40 bits per heavy atom. The van der Waals surface area contributed by atoms with Gasteiger partial charge in [-0.2, -0.15) is 0 Å². The lowest BCUT2D eigenvalue weighted by molar-refractivity contribution is -0.135. The number of hydrogen-bond acceptors (Lipinski definition) is 4. The zero-order valence-electron chi connectivity index (χ0n) is 8.53. The van der Waals surface area contributed by atoms with Crippen LogP contribution in [0.2, 0.25) is 0 Å². The van der Waals surface area contributed by atoms with E-state index in [4.69, 9.17) is 4.74 Å². The third kappa shape index (κ3) is 1.85. The van der Waals surface area contributed by atoms with Crippen LogP contribution in [0.3, 0.4) is 0 Å². The smallest absolute Gasteiger partial charge is 0.346 e. The van der Waals surface area contributed by atoms with Crippen molar-refractivity contribution in [1.82, 2.24) is 0 Å². The second-order valence-electron chi connectivity index (χ2n) is 3.17. The maximum Gasteiger partial charge on any atom is 0.346 e. The summed E-state index contributed by atoms with van der Waals surface area (Å²) >= 11 is 1.44. The molecule has 0 atom stereocenters. The predicted molar refractivity (Wildman–Crippen MR) is 60.6 cm³/mol. The number of thioether (sulfide) groups is 1. The average Bonchev–Trinajstić information content (AvgIpc) is 2.27. The van der Waals surface area contributed by atoms with Crippen LogP contribution < -0.4 is 5.32 Å². The number of esters is 1. The molecule has 15 heavy (non-hydrogen) atoms. The molecule has 1 aliphatic rings. The Bertz CT molecular complexity index is 440. The first-order valence-corrected chi connectivity index (χ1v) is 5.37. The largest absolute Gasteiger partial charge is 0.465 e. The van der Waals surface area contributed by atoms with E-state index in [0.29, 0.717) is 4.91 Å². The number of fused-ring (bicyclic) bond motifs is 1. The van der Waals surface area contributed by atoms with Gasteiger partial charge >= 0.3 is 5.97 Å². The third-order valence-electron chi connectivity index (χ3n) is 2.13. The summed E-state index contributed by atoms with van der Waals surface area (Å²) in [6, 6.07) is 7.87. The molecule has 0 saturated heterocycles. The van der Waals surface area contributed by atoms with Gasteiger partial charge < -0.3 is 10.1 Å². The highest BCUT2D eigenvalue weighted by Crippen LogP contribution is 2.39. The standard InChI is InChI=1S/C11H11NO2S/c1-7-10(11(13)14-2)15-9-6-4-3-5-8(9)12-7/h3-6,12H,1-2H3. The minimum atomic E-state index is -0.292. The maximum atomic E-state index is 11.4. The zero-order chi connectivity index (χ0) is 10.8. The molecule has 1 aromatic rings. The van der Waals surface area contributed by atoms with Crippen LogP contribution in [0.5, 0.6) is 0 Å². The Morgan fingerprint density at radius 2 is 2.13 bits per heavy atom. The van der Waals surface area contributed by atoms with Crippen LogP contribution in [-0.2, 0) is 9.53 Å². The Kier molecular flexibility index (Phi) is 2.68. The van der Waals surface area contributed by atoms with E-state index in [2.05, 4.69) is 5.32 Å². The zero-order valence-corrected chi connectivity index (χ0v) is 9.35. The van der Waals surface area contributed by atoms with Gasteiger partial charge in [-0.25, -0.2) is 4.79 Å². The molecule has 1 aliphatic heterocycles. The summed E-state index contributed by atoms with van der Waals surface area (Å²) in [6.45, 7) is 1.87. The van der Waals surface area contributed by atoms with Gasteiger partial charge in [-0.05, 0) is 19.1 Å². The summed E-state index contributed by atoms with van der Waals surface area (Å²) in [4.78, 5) is 13.1. The molecule has 1 N–H and O–H groups in total. The van der Waals surface area contributed by atoms with E-state index in [1.165, 1.54) is 18.9 Å². The first-order chi connectivity index (χ1) is 7.22. The summed E-state index contributed by atoms with van der Waals surface area (Å²) < 4.78 is 4.72. The number of hydrogen-bond donors (Lipinski definition) is 1. The van der Waals surface area contributed by atoms with Crippen molar-refractivity contribution in [3.8, 4) is 0 Å². The number of anilines is 1. The number of methoxy groups -OCH3 is 1. The fraction of sp³-hybridized carbons (Fsp3) is 0.182. The molecule has 1 heterocycles. The highest BCUT2D eigenvalue weighted by atomic mass is 32.2. The van der Waals surface area contributed by atoms with Crippen molar-refractivity contribution >= 4 is 23.4 Å².